The van der Waals surface area contributed by atoms with Gasteiger partial charge in [0.2, 0.25) is 0 Å². The van der Waals surface area contributed by atoms with Crippen LogP contribution in [0, 0.1) is 12.8 Å². The van der Waals surface area contributed by atoms with Crippen molar-refractivity contribution in [1.82, 2.24) is 10.2 Å². The van der Waals surface area contributed by atoms with Crippen LogP contribution in [0.25, 0.3) is 0 Å². The molecule has 2 heterocycles. The first kappa shape index (κ1) is 15.6. The molecule has 3 heteroatoms. The van der Waals surface area contributed by atoms with Gasteiger partial charge in [0.25, 0.3) is 0 Å². The van der Waals surface area contributed by atoms with Gasteiger partial charge < -0.3 is 9.73 Å². The second kappa shape index (κ2) is 5.90. The van der Waals surface area contributed by atoms with E-state index < -0.39 is 0 Å². The lowest BCUT2D eigenvalue weighted by Crippen LogP contribution is -2.34. The fraction of sp³-hybridized carbons (Fsp3) is 0.765. The predicted molar refractivity (Wildman–Crippen MR) is 83.7 cm³/mol. The molecule has 3 nitrogen and oxygen atoms in total. The summed E-state index contributed by atoms with van der Waals surface area (Å²) in [5.74, 6) is 2.94. The third-order valence-corrected chi connectivity index (χ3v) is 4.15. The van der Waals surface area contributed by atoms with Gasteiger partial charge in [0.05, 0.1) is 6.54 Å². The van der Waals surface area contributed by atoms with E-state index in [1.807, 2.05) is 0 Å². The summed E-state index contributed by atoms with van der Waals surface area (Å²) in [6, 6.07) is 2.92. The highest BCUT2D eigenvalue weighted by Gasteiger charge is 2.26. The number of hydrogen-bond donors (Lipinski definition) is 1. The summed E-state index contributed by atoms with van der Waals surface area (Å²) in [6.45, 7) is 16.3. The SMILES string of the molecule is Cc1oc(CNC(C)(C)C)cc1CN1CC(C)CC1C. The fourth-order valence-corrected chi connectivity index (χ4v) is 3.01. The van der Waals surface area contributed by atoms with Gasteiger partial charge in [-0.2, -0.15) is 0 Å². The lowest BCUT2D eigenvalue weighted by atomic mass is 10.1. The van der Waals surface area contributed by atoms with E-state index in [9.17, 15) is 0 Å². The minimum absolute atomic E-state index is 0.125. The summed E-state index contributed by atoms with van der Waals surface area (Å²) < 4.78 is 5.89. The van der Waals surface area contributed by atoms with E-state index in [2.05, 4.69) is 57.8 Å². The first-order valence-electron chi connectivity index (χ1n) is 7.82. The van der Waals surface area contributed by atoms with E-state index in [0.29, 0.717) is 6.04 Å². The van der Waals surface area contributed by atoms with Crippen molar-refractivity contribution in [2.75, 3.05) is 6.54 Å². The molecule has 1 aromatic rings. The molecule has 114 valence electrons. The van der Waals surface area contributed by atoms with Crippen LogP contribution in [0.2, 0.25) is 0 Å². The maximum atomic E-state index is 5.89. The fourth-order valence-electron chi connectivity index (χ4n) is 3.01. The molecule has 1 aliphatic heterocycles. The summed E-state index contributed by atoms with van der Waals surface area (Å²) in [5, 5.41) is 3.48. The van der Waals surface area contributed by atoms with Crippen LogP contribution in [0.5, 0.6) is 0 Å². The second-order valence-corrected chi connectivity index (χ2v) is 7.52. The normalized spacial score (nSPS) is 24.5. The molecule has 0 aliphatic carbocycles. The van der Waals surface area contributed by atoms with Crippen LogP contribution < -0.4 is 5.32 Å². The van der Waals surface area contributed by atoms with E-state index in [-0.39, 0.29) is 5.54 Å². The Balaban J connectivity index is 1.97. The van der Waals surface area contributed by atoms with Crippen LogP contribution in [0.1, 0.15) is 58.1 Å². The van der Waals surface area contributed by atoms with Gasteiger partial charge in [0.1, 0.15) is 11.5 Å². The number of nitrogens with zero attached hydrogens (tertiary/aromatic N) is 1. The van der Waals surface area contributed by atoms with Crippen LogP contribution >= 0.6 is 0 Å². The van der Waals surface area contributed by atoms with Crippen molar-refractivity contribution in [1.29, 1.82) is 0 Å². The molecule has 20 heavy (non-hydrogen) atoms. The molecule has 1 aliphatic rings. The molecular weight excluding hydrogens is 248 g/mol. The van der Waals surface area contributed by atoms with E-state index in [1.165, 1.54) is 18.5 Å². The average Bonchev–Trinajstić information content (AvgIpc) is 2.80. The maximum absolute atomic E-state index is 5.89. The Morgan fingerprint density at radius 3 is 2.60 bits per heavy atom. The summed E-state index contributed by atoms with van der Waals surface area (Å²) >= 11 is 0. The third-order valence-electron chi connectivity index (χ3n) is 4.15. The Morgan fingerprint density at radius 2 is 2.05 bits per heavy atom. The lowest BCUT2D eigenvalue weighted by molar-refractivity contribution is 0.255. The summed E-state index contributed by atoms with van der Waals surface area (Å²) in [5.41, 5.74) is 1.47. The van der Waals surface area contributed by atoms with Crippen LogP contribution in [0.15, 0.2) is 10.5 Å². The Morgan fingerprint density at radius 1 is 1.35 bits per heavy atom. The molecule has 2 unspecified atom stereocenters. The highest BCUT2D eigenvalue weighted by Crippen LogP contribution is 2.26. The van der Waals surface area contributed by atoms with Gasteiger partial charge in [0.15, 0.2) is 0 Å². The average molecular weight is 278 g/mol. The summed E-state index contributed by atoms with van der Waals surface area (Å²) in [7, 11) is 0. The number of furan rings is 1. The molecule has 0 bridgehead atoms. The van der Waals surface area contributed by atoms with Gasteiger partial charge in [-0.15, -0.1) is 0 Å². The Bertz CT molecular complexity index is 444. The smallest absolute Gasteiger partial charge is 0.118 e. The van der Waals surface area contributed by atoms with E-state index in [4.69, 9.17) is 4.42 Å². The van der Waals surface area contributed by atoms with Gasteiger partial charge >= 0.3 is 0 Å². The van der Waals surface area contributed by atoms with Gasteiger partial charge in [-0.05, 0) is 53.0 Å². The zero-order valence-electron chi connectivity index (χ0n) is 13.9. The monoisotopic (exact) mass is 278 g/mol. The minimum Gasteiger partial charge on any atom is -0.465 e. The van der Waals surface area contributed by atoms with Gasteiger partial charge in [-0.3, -0.25) is 4.90 Å². The lowest BCUT2D eigenvalue weighted by Gasteiger charge is -2.20. The number of nitrogens with one attached hydrogen (secondary N) is 1. The first-order chi connectivity index (χ1) is 9.24. The Hall–Kier alpha value is -0.800. The third kappa shape index (κ3) is 4.10. The van der Waals surface area contributed by atoms with Crippen LogP contribution in [0.3, 0.4) is 0 Å². The summed E-state index contributed by atoms with van der Waals surface area (Å²) in [6.07, 6.45) is 1.31. The quantitative estimate of drug-likeness (QED) is 0.910. The highest BCUT2D eigenvalue weighted by molar-refractivity contribution is 5.21. The van der Waals surface area contributed by atoms with Gasteiger partial charge in [-0.1, -0.05) is 6.92 Å². The molecule has 0 spiro atoms. The van der Waals surface area contributed by atoms with E-state index >= 15 is 0 Å². The maximum Gasteiger partial charge on any atom is 0.118 e. The molecule has 2 atom stereocenters. The second-order valence-electron chi connectivity index (χ2n) is 7.52. The molecule has 1 saturated heterocycles. The number of aryl methyl sites for hydroxylation is 1. The van der Waals surface area contributed by atoms with Crippen molar-refractivity contribution in [3.63, 3.8) is 0 Å². The number of rotatable bonds is 4. The predicted octanol–water partition coefficient (Wildman–Crippen LogP) is 3.71. The molecular formula is C17H30N2O. The van der Waals surface area contributed by atoms with Gasteiger partial charge in [-0.25, -0.2) is 0 Å². The van der Waals surface area contributed by atoms with Crippen molar-refractivity contribution in [2.45, 2.75) is 72.6 Å². The summed E-state index contributed by atoms with van der Waals surface area (Å²) in [4.78, 5) is 2.57. The minimum atomic E-state index is 0.125. The molecule has 1 aromatic heterocycles. The molecule has 0 radical (unpaired) electrons. The standard InChI is InChI=1S/C17H30N2O/c1-12-7-13(2)19(10-12)11-15-8-16(20-14(15)3)9-18-17(4,5)6/h8,12-13,18H,7,9-11H2,1-6H3. The number of hydrogen-bond acceptors (Lipinski definition) is 3. The number of likely N-dealkylation sites (tertiary alicyclic amines) is 1. The Labute approximate surface area is 123 Å². The first-order valence-corrected chi connectivity index (χ1v) is 7.82. The molecule has 0 amide bonds. The zero-order chi connectivity index (χ0) is 14.9. The van der Waals surface area contributed by atoms with Crippen molar-refractivity contribution in [3.05, 3.63) is 23.2 Å². The van der Waals surface area contributed by atoms with Crippen molar-refractivity contribution < 1.29 is 4.42 Å². The van der Waals surface area contributed by atoms with Gasteiger partial charge in [0, 0.05) is 30.2 Å². The van der Waals surface area contributed by atoms with E-state index in [1.54, 1.807) is 0 Å². The van der Waals surface area contributed by atoms with Crippen LogP contribution in [-0.4, -0.2) is 23.0 Å². The topological polar surface area (TPSA) is 28.4 Å². The van der Waals surface area contributed by atoms with Crippen molar-refractivity contribution >= 4 is 0 Å². The molecule has 0 aromatic carbocycles. The molecule has 0 saturated carbocycles. The van der Waals surface area contributed by atoms with Crippen LogP contribution in [0.4, 0.5) is 0 Å². The zero-order valence-corrected chi connectivity index (χ0v) is 13.9. The Kier molecular flexibility index (Phi) is 4.60. The van der Waals surface area contributed by atoms with Crippen LogP contribution in [-0.2, 0) is 13.1 Å². The van der Waals surface area contributed by atoms with Crippen molar-refractivity contribution in [2.24, 2.45) is 5.92 Å². The van der Waals surface area contributed by atoms with E-state index in [0.717, 1.165) is 30.5 Å². The van der Waals surface area contributed by atoms with Crippen molar-refractivity contribution in [3.8, 4) is 0 Å². The largest absolute Gasteiger partial charge is 0.465 e. The highest BCUT2D eigenvalue weighted by atomic mass is 16.3. The molecule has 1 fully saturated rings. The molecule has 1 N–H and O–H groups in total. The molecule has 2 rings (SSSR count).